The molecule has 2 aromatic carbocycles. The molecule has 1 aliphatic rings. The standard InChI is InChI=1S/C24H26ClN5OS/c1-17-11-13-30(14-12-17)21-15-22(31-19-8-3-2-4-9-19)28-23(27-21)29-24(32)26-16-18-7-5-6-10-20(18)25/h2-10,15,17H,11-14,16H2,1H3,(H2,26,27,28,29,32). The highest BCUT2D eigenvalue weighted by atomic mass is 35.5. The molecule has 32 heavy (non-hydrogen) atoms. The van der Waals surface area contributed by atoms with Crippen molar-refractivity contribution in [2.45, 2.75) is 26.3 Å². The Morgan fingerprint density at radius 3 is 2.56 bits per heavy atom. The van der Waals surface area contributed by atoms with Crippen LogP contribution in [0.15, 0.2) is 60.7 Å². The van der Waals surface area contributed by atoms with E-state index in [1.165, 1.54) is 0 Å². The fourth-order valence-electron chi connectivity index (χ4n) is 3.49. The number of para-hydroxylation sites is 1. The van der Waals surface area contributed by atoms with E-state index in [0.29, 0.717) is 28.5 Å². The molecule has 0 amide bonds. The van der Waals surface area contributed by atoms with Gasteiger partial charge in [0, 0.05) is 30.7 Å². The number of thiocarbonyl (C=S) groups is 1. The maximum atomic E-state index is 6.23. The highest BCUT2D eigenvalue weighted by Gasteiger charge is 2.19. The molecule has 0 aliphatic carbocycles. The number of nitrogens with one attached hydrogen (secondary N) is 2. The summed E-state index contributed by atoms with van der Waals surface area (Å²) < 4.78 is 6.00. The van der Waals surface area contributed by atoms with Gasteiger partial charge in [0.1, 0.15) is 11.6 Å². The van der Waals surface area contributed by atoms with Crippen molar-refractivity contribution in [2.24, 2.45) is 5.92 Å². The molecule has 0 bridgehead atoms. The molecule has 1 aromatic heterocycles. The second kappa shape index (κ2) is 10.6. The van der Waals surface area contributed by atoms with Gasteiger partial charge in [-0.3, -0.25) is 0 Å². The van der Waals surface area contributed by atoms with Gasteiger partial charge in [-0.1, -0.05) is 54.9 Å². The molecule has 8 heteroatoms. The van der Waals surface area contributed by atoms with Gasteiger partial charge in [0.2, 0.25) is 11.8 Å². The first kappa shape index (κ1) is 22.3. The molecule has 0 saturated carbocycles. The van der Waals surface area contributed by atoms with E-state index in [-0.39, 0.29) is 0 Å². The SMILES string of the molecule is CC1CCN(c2cc(Oc3ccccc3)nc(NC(=S)NCc3ccccc3Cl)n2)CC1. The zero-order chi connectivity index (χ0) is 22.3. The lowest BCUT2D eigenvalue weighted by Crippen LogP contribution is -2.34. The van der Waals surface area contributed by atoms with E-state index >= 15 is 0 Å². The second-order valence-electron chi connectivity index (χ2n) is 7.87. The lowest BCUT2D eigenvalue weighted by Gasteiger charge is -2.31. The monoisotopic (exact) mass is 467 g/mol. The molecule has 0 atom stereocenters. The molecule has 2 heterocycles. The summed E-state index contributed by atoms with van der Waals surface area (Å²) in [6.07, 6.45) is 2.28. The number of ether oxygens (including phenoxy) is 1. The van der Waals surface area contributed by atoms with Crippen LogP contribution >= 0.6 is 23.8 Å². The second-order valence-corrected chi connectivity index (χ2v) is 8.69. The third-order valence-electron chi connectivity index (χ3n) is 5.38. The Morgan fingerprint density at radius 1 is 1.09 bits per heavy atom. The van der Waals surface area contributed by atoms with Crippen LogP contribution in [0.25, 0.3) is 0 Å². The van der Waals surface area contributed by atoms with Gasteiger partial charge < -0.3 is 20.3 Å². The third kappa shape index (κ3) is 6.08. The van der Waals surface area contributed by atoms with E-state index in [1.807, 2.05) is 60.7 Å². The summed E-state index contributed by atoms with van der Waals surface area (Å²) in [4.78, 5) is 11.5. The maximum absolute atomic E-state index is 6.23. The van der Waals surface area contributed by atoms with Crippen LogP contribution in [0.1, 0.15) is 25.3 Å². The van der Waals surface area contributed by atoms with Gasteiger partial charge >= 0.3 is 0 Å². The molecule has 0 spiro atoms. The van der Waals surface area contributed by atoms with Crippen LogP contribution in [0.4, 0.5) is 11.8 Å². The summed E-state index contributed by atoms with van der Waals surface area (Å²) >= 11 is 11.7. The topological polar surface area (TPSA) is 62.3 Å². The van der Waals surface area contributed by atoms with Gasteiger partial charge in [-0.25, -0.2) is 0 Å². The molecule has 6 nitrogen and oxygen atoms in total. The molecule has 0 radical (unpaired) electrons. The predicted octanol–water partition coefficient (Wildman–Crippen LogP) is 5.65. The Bertz CT molecular complexity index is 1060. The van der Waals surface area contributed by atoms with E-state index in [0.717, 1.165) is 49.0 Å². The van der Waals surface area contributed by atoms with Gasteiger partial charge in [0.15, 0.2) is 5.11 Å². The number of hydrogen-bond donors (Lipinski definition) is 2. The van der Waals surface area contributed by atoms with Crippen LogP contribution in [-0.4, -0.2) is 28.2 Å². The summed E-state index contributed by atoms with van der Waals surface area (Å²) in [6, 6.07) is 19.1. The Labute approximate surface area is 199 Å². The Hall–Kier alpha value is -2.90. The van der Waals surface area contributed by atoms with Crippen LogP contribution in [-0.2, 0) is 6.54 Å². The van der Waals surface area contributed by atoms with Crippen LogP contribution in [0.2, 0.25) is 5.02 Å². The number of rotatable bonds is 6. The van der Waals surface area contributed by atoms with Gasteiger partial charge in [-0.15, -0.1) is 0 Å². The van der Waals surface area contributed by atoms with E-state index in [1.54, 1.807) is 0 Å². The van der Waals surface area contributed by atoms with E-state index in [2.05, 4.69) is 27.4 Å². The predicted molar refractivity (Wildman–Crippen MR) is 134 cm³/mol. The van der Waals surface area contributed by atoms with Crippen molar-refractivity contribution in [1.29, 1.82) is 0 Å². The smallest absolute Gasteiger partial charge is 0.234 e. The first-order valence-corrected chi connectivity index (χ1v) is 11.5. The van der Waals surface area contributed by atoms with E-state index in [4.69, 9.17) is 33.5 Å². The van der Waals surface area contributed by atoms with E-state index < -0.39 is 0 Å². The molecule has 4 rings (SSSR count). The number of piperidine rings is 1. The summed E-state index contributed by atoms with van der Waals surface area (Å²) in [5.41, 5.74) is 0.962. The highest BCUT2D eigenvalue weighted by molar-refractivity contribution is 7.80. The summed E-state index contributed by atoms with van der Waals surface area (Å²) in [5, 5.41) is 7.37. The minimum atomic E-state index is 0.392. The van der Waals surface area contributed by atoms with Crippen molar-refractivity contribution in [3.63, 3.8) is 0 Å². The molecular formula is C24H26ClN5OS. The average Bonchev–Trinajstić information content (AvgIpc) is 2.79. The van der Waals surface area contributed by atoms with E-state index in [9.17, 15) is 0 Å². The summed E-state index contributed by atoms with van der Waals surface area (Å²) in [6.45, 7) is 4.70. The summed E-state index contributed by atoms with van der Waals surface area (Å²) in [7, 11) is 0. The van der Waals surface area contributed by atoms with Crippen molar-refractivity contribution < 1.29 is 4.74 Å². The number of nitrogens with zero attached hydrogens (tertiary/aromatic N) is 3. The van der Waals surface area contributed by atoms with Crippen LogP contribution in [0.5, 0.6) is 11.6 Å². The number of aromatic nitrogens is 2. The van der Waals surface area contributed by atoms with Crippen LogP contribution in [0, 0.1) is 5.92 Å². The van der Waals surface area contributed by atoms with Crippen molar-refractivity contribution in [2.75, 3.05) is 23.3 Å². The van der Waals surface area contributed by atoms with Crippen molar-refractivity contribution >= 4 is 40.7 Å². The van der Waals surface area contributed by atoms with Crippen LogP contribution < -0.4 is 20.3 Å². The van der Waals surface area contributed by atoms with Gasteiger partial charge in [-0.05, 0) is 54.7 Å². The number of halogens is 1. The molecule has 1 saturated heterocycles. The number of benzene rings is 2. The summed E-state index contributed by atoms with van der Waals surface area (Å²) in [5.74, 6) is 3.14. The van der Waals surface area contributed by atoms with Crippen molar-refractivity contribution in [3.8, 4) is 11.6 Å². The fraction of sp³-hybridized carbons (Fsp3) is 0.292. The number of hydrogen-bond acceptors (Lipinski definition) is 5. The third-order valence-corrected chi connectivity index (χ3v) is 6.00. The number of anilines is 2. The van der Waals surface area contributed by atoms with Crippen molar-refractivity contribution in [1.82, 2.24) is 15.3 Å². The quantitative estimate of drug-likeness (QED) is 0.454. The normalized spacial score (nSPS) is 14.1. The molecule has 1 aliphatic heterocycles. The molecule has 2 N–H and O–H groups in total. The van der Waals surface area contributed by atoms with Crippen LogP contribution in [0.3, 0.4) is 0 Å². The zero-order valence-corrected chi connectivity index (χ0v) is 19.5. The lowest BCUT2D eigenvalue weighted by molar-refractivity contribution is 0.434. The Morgan fingerprint density at radius 2 is 1.81 bits per heavy atom. The molecular weight excluding hydrogens is 442 g/mol. The molecule has 3 aromatic rings. The maximum Gasteiger partial charge on any atom is 0.234 e. The minimum Gasteiger partial charge on any atom is -0.439 e. The highest BCUT2D eigenvalue weighted by Crippen LogP contribution is 2.27. The minimum absolute atomic E-state index is 0.392. The largest absolute Gasteiger partial charge is 0.439 e. The fourth-order valence-corrected chi connectivity index (χ4v) is 3.86. The Balaban J connectivity index is 1.50. The lowest BCUT2D eigenvalue weighted by atomic mass is 9.99. The first-order valence-electron chi connectivity index (χ1n) is 10.7. The van der Waals surface area contributed by atoms with Gasteiger partial charge in [0.25, 0.3) is 0 Å². The molecule has 166 valence electrons. The Kier molecular flexibility index (Phi) is 7.39. The zero-order valence-electron chi connectivity index (χ0n) is 17.9. The average molecular weight is 468 g/mol. The van der Waals surface area contributed by atoms with Gasteiger partial charge in [-0.2, -0.15) is 9.97 Å². The van der Waals surface area contributed by atoms with Gasteiger partial charge in [0.05, 0.1) is 0 Å². The molecule has 1 fully saturated rings. The van der Waals surface area contributed by atoms with Crippen molar-refractivity contribution in [3.05, 3.63) is 71.2 Å². The first-order chi connectivity index (χ1) is 15.6. The molecule has 0 unspecified atom stereocenters.